The Balaban J connectivity index is 3.45. The number of carbonyl (C=O) groups excluding carboxylic acids is 1. The number of esters is 1. The van der Waals surface area contributed by atoms with Crippen molar-refractivity contribution in [3.05, 3.63) is 46.1 Å². The fourth-order valence-corrected chi connectivity index (χ4v) is 3.45. The second kappa shape index (κ2) is 13.8. The molecular weight excluding hydrogens is 418 g/mol. The van der Waals surface area contributed by atoms with Crippen LogP contribution in [0.3, 0.4) is 0 Å². The van der Waals surface area contributed by atoms with Gasteiger partial charge in [-0.3, -0.25) is 0 Å². The van der Waals surface area contributed by atoms with Gasteiger partial charge in [-0.15, -0.1) is 0 Å². The molecule has 0 aliphatic heterocycles. The number of unbranched alkanes of at least 4 members (excludes halogenated alkanes) is 2. The molecule has 0 bridgehead atoms. The molecule has 6 heteroatoms. The molecule has 1 rings (SSSR count). The number of hydrogen-bond acceptors (Lipinski definition) is 5. The number of phenols is 1. The fraction of sp³-hybridized carbons (Fsp3) is 0.556. The maximum atomic E-state index is 12.7. The molecule has 1 atom stereocenters. The van der Waals surface area contributed by atoms with Crippen LogP contribution in [0, 0.1) is 5.92 Å². The summed E-state index contributed by atoms with van der Waals surface area (Å²) in [5.41, 5.74) is 8.99. The van der Waals surface area contributed by atoms with Gasteiger partial charge in [0.25, 0.3) is 0 Å². The van der Waals surface area contributed by atoms with Gasteiger partial charge in [-0.25, -0.2) is 9.59 Å². The number of benzene rings is 1. The number of nitrogens with two attached hydrogens (primary N) is 1. The van der Waals surface area contributed by atoms with E-state index in [0.29, 0.717) is 12.0 Å². The van der Waals surface area contributed by atoms with Crippen molar-refractivity contribution in [1.29, 1.82) is 0 Å². The predicted molar refractivity (Wildman–Crippen MR) is 133 cm³/mol. The summed E-state index contributed by atoms with van der Waals surface area (Å²) in [6.45, 7) is 11.7. The quantitative estimate of drug-likeness (QED) is 0.146. The van der Waals surface area contributed by atoms with E-state index in [2.05, 4.69) is 26.8 Å². The lowest BCUT2D eigenvalue weighted by Crippen LogP contribution is -2.39. The number of ether oxygens (including phenoxy) is 1. The molecule has 1 aromatic carbocycles. The highest BCUT2D eigenvalue weighted by molar-refractivity contribution is 5.95. The molecule has 0 aliphatic carbocycles. The molecule has 0 aliphatic rings. The third kappa shape index (κ3) is 9.04. The van der Waals surface area contributed by atoms with Crippen molar-refractivity contribution in [2.24, 2.45) is 11.7 Å². The first kappa shape index (κ1) is 28.4. The van der Waals surface area contributed by atoms with Crippen LogP contribution in [0.2, 0.25) is 0 Å². The molecule has 184 valence electrons. The summed E-state index contributed by atoms with van der Waals surface area (Å²) in [6.07, 6.45) is 9.26. The Labute approximate surface area is 198 Å². The van der Waals surface area contributed by atoms with Gasteiger partial charge in [0.1, 0.15) is 17.4 Å². The van der Waals surface area contributed by atoms with Crippen LogP contribution < -0.4 is 10.5 Å². The molecule has 0 radical (unpaired) electrons. The van der Waals surface area contributed by atoms with Crippen LogP contribution in [-0.2, 0) is 17.6 Å². The average molecular weight is 460 g/mol. The average Bonchev–Trinajstić information content (AvgIpc) is 2.72. The molecule has 1 unspecified atom stereocenters. The number of carbonyl (C=O) groups is 2. The van der Waals surface area contributed by atoms with Crippen LogP contribution in [0.5, 0.6) is 11.5 Å². The van der Waals surface area contributed by atoms with Crippen molar-refractivity contribution in [3.63, 3.8) is 0 Å². The summed E-state index contributed by atoms with van der Waals surface area (Å²) in [4.78, 5) is 24.9. The second-order valence-corrected chi connectivity index (χ2v) is 9.27. The van der Waals surface area contributed by atoms with Crippen molar-refractivity contribution >= 4 is 11.9 Å². The van der Waals surface area contributed by atoms with E-state index in [9.17, 15) is 19.8 Å². The van der Waals surface area contributed by atoms with Gasteiger partial charge < -0.3 is 20.7 Å². The summed E-state index contributed by atoms with van der Waals surface area (Å²) < 4.78 is 5.59. The lowest BCUT2D eigenvalue weighted by atomic mass is 9.94. The molecular formula is C27H41NO5. The van der Waals surface area contributed by atoms with Crippen LogP contribution in [0.4, 0.5) is 0 Å². The Morgan fingerprint density at radius 1 is 1.15 bits per heavy atom. The number of aromatic carboxylic acids is 1. The standard InChI is InChI=1S/C27H41NO5/c1-7-8-9-13-20-16-22(29)21(15-14-19(6)12-10-11-17(2)3)25(23(20)26(30)31)33-27(32)24(28)18(4)5/h11,14,16,18,24,29H,7-10,12-13,15,28H2,1-6H3,(H,30,31)/b19-14+. The second-order valence-electron chi connectivity index (χ2n) is 9.27. The van der Waals surface area contributed by atoms with E-state index in [0.717, 1.165) is 37.7 Å². The van der Waals surface area contributed by atoms with Crippen LogP contribution in [0.15, 0.2) is 29.4 Å². The van der Waals surface area contributed by atoms with Crippen LogP contribution in [-0.4, -0.2) is 28.2 Å². The van der Waals surface area contributed by atoms with Crippen LogP contribution >= 0.6 is 0 Å². The molecule has 4 N–H and O–H groups in total. The largest absolute Gasteiger partial charge is 0.508 e. The van der Waals surface area contributed by atoms with Crippen molar-refractivity contribution in [2.45, 2.75) is 92.5 Å². The van der Waals surface area contributed by atoms with Gasteiger partial charge in [-0.05, 0) is 70.4 Å². The van der Waals surface area contributed by atoms with Crippen molar-refractivity contribution in [3.8, 4) is 11.5 Å². The Kier molecular flexibility index (Phi) is 11.9. The number of hydrogen-bond donors (Lipinski definition) is 3. The molecule has 0 spiro atoms. The minimum absolute atomic E-state index is 0.0687. The number of aryl methyl sites for hydroxylation is 1. The number of phenolic OH excluding ortho intramolecular Hbond substituents is 1. The third-order valence-electron chi connectivity index (χ3n) is 5.64. The van der Waals surface area contributed by atoms with Gasteiger partial charge in [0.05, 0.1) is 0 Å². The van der Waals surface area contributed by atoms with Crippen LogP contribution in [0.25, 0.3) is 0 Å². The Morgan fingerprint density at radius 3 is 2.36 bits per heavy atom. The Bertz CT molecular complexity index is 879. The first-order valence-corrected chi connectivity index (χ1v) is 11.9. The SMILES string of the molecule is CCCCCc1cc(O)c(C/C=C(\C)CCC=C(C)C)c(OC(=O)C(N)C(C)C)c1C(=O)O. The van der Waals surface area contributed by atoms with E-state index in [4.69, 9.17) is 10.5 Å². The zero-order valence-electron chi connectivity index (χ0n) is 21.0. The van der Waals surface area contributed by atoms with Gasteiger partial charge >= 0.3 is 11.9 Å². The number of aromatic hydroxyl groups is 1. The summed E-state index contributed by atoms with van der Waals surface area (Å²) in [5.74, 6) is -2.23. The van der Waals surface area contributed by atoms with Gasteiger partial charge in [0.15, 0.2) is 5.75 Å². The zero-order chi connectivity index (χ0) is 25.1. The molecule has 0 aromatic heterocycles. The summed E-state index contributed by atoms with van der Waals surface area (Å²) >= 11 is 0. The molecule has 33 heavy (non-hydrogen) atoms. The summed E-state index contributed by atoms with van der Waals surface area (Å²) in [7, 11) is 0. The molecule has 0 heterocycles. The van der Waals surface area contributed by atoms with Gasteiger partial charge in [-0.2, -0.15) is 0 Å². The number of rotatable bonds is 13. The topological polar surface area (TPSA) is 110 Å². The van der Waals surface area contributed by atoms with E-state index < -0.39 is 18.0 Å². The smallest absolute Gasteiger partial charge is 0.339 e. The number of carboxylic acids is 1. The zero-order valence-corrected chi connectivity index (χ0v) is 21.0. The van der Waals surface area contributed by atoms with E-state index in [1.807, 2.05) is 13.0 Å². The predicted octanol–water partition coefficient (Wildman–Crippen LogP) is 5.95. The monoisotopic (exact) mass is 459 g/mol. The molecule has 0 saturated carbocycles. The summed E-state index contributed by atoms with van der Waals surface area (Å²) in [6, 6.07) is 0.604. The molecule has 1 aromatic rings. The first-order valence-electron chi connectivity index (χ1n) is 11.9. The lowest BCUT2D eigenvalue weighted by molar-refractivity contribution is -0.136. The third-order valence-corrected chi connectivity index (χ3v) is 5.64. The molecule has 0 saturated heterocycles. The highest BCUT2D eigenvalue weighted by Gasteiger charge is 2.28. The van der Waals surface area contributed by atoms with Gasteiger partial charge in [0.2, 0.25) is 0 Å². The van der Waals surface area contributed by atoms with Gasteiger partial charge in [0, 0.05) is 5.56 Å². The van der Waals surface area contributed by atoms with E-state index in [1.54, 1.807) is 13.8 Å². The Morgan fingerprint density at radius 2 is 1.82 bits per heavy atom. The number of carboxylic acid groups (broad SMARTS) is 1. The van der Waals surface area contributed by atoms with Gasteiger partial charge in [-0.1, -0.05) is 56.9 Å². The first-order chi connectivity index (χ1) is 15.5. The van der Waals surface area contributed by atoms with E-state index in [-0.39, 0.29) is 35.0 Å². The molecule has 0 amide bonds. The maximum absolute atomic E-state index is 12.7. The van der Waals surface area contributed by atoms with Crippen molar-refractivity contribution < 1.29 is 24.5 Å². The molecule has 0 fully saturated rings. The number of allylic oxidation sites excluding steroid dienone is 4. The molecule has 6 nitrogen and oxygen atoms in total. The fourth-order valence-electron chi connectivity index (χ4n) is 3.45. The summed E-state index contributed by atoms with van der Waals surface area (Å²) in [5, 5.41) is 20.8. The Hall–Kier alpha value is -2.60. The minimum atomic E-state index is -1.19. The minimum Gasteiger partial charge on any atom is -0.508 e. The van der Waals surface area contributed by atoms with E-state index >= 15 is 0 Å². The highest BCUT2D eigenvalue weighted by atomic mass is 16.5. The highest BCUT2D eigenvalue weighted by Crippen LogP contribution is 2.37. The lowest BCUT2D eigenvalue weighted by Gasteiger charge is -2.20. The van der Waals surface area contributed by atoms with Crippen molar-refractivity contribution in [1.82, 2.24) is 0 Å². The van der Waals surface area contributed by atoms with E-state index in [1.165, 1.54) is 11.6 Å². The maximum Gasteiger partial charge on any atom is 0.339 e. The van der Waals surface area contributed by atoms with Crippen molar-refractivity contribution in [2.75, 3.05) is 0 Å². The van der Waals surface area contributed by atoms with Crippen LogP contribution in [0.1, 0.15) is 95.1 Å². The normalized spacial score (nSPS) is 12.5.